The maximum absolute atomic E-state index is 13.9. The zero-order chi connectivity index (χ0) is 20.9. The second kappa shape index (κ2) is 6.90. The molecular weight excluding hydrogens is 383 g/mol. The van der Waals surface area contributed by atoms with Crippen molar-refractivity contribution >= 4 is 23.0 Å². The van der Waals surface area contributed by atoms with E-state index in [2.05, 4.69) is 0 Å². The smallest absolute Gasteiger partial charge is 0.198 e. The van der Waals surface area contributed by atoms with Crippen LogP contribution in [-0.2, 0) is 9.53 Å². The van der Waals surface area contributed by atoms with Crippen LogP contribution in [-0.4, -0.2) is 29.2 Å². The number of carbonyl (C=O) groups is 1. The van der Waals surface area contributed by atoms with Gasteiger partial charge in [-0.05, 0) is 63.1 Å². The summed E-state index contributed by atoms with van der Waals surface area (Å²) in [5, 5.41) is 10.8. The summed E-state index contributed by atoms with van der Waals surface area (Å²) in [5.41, 5.74) is -0.388. The van der Waals surface area contributed by atoms with E-state index < -0.39 is 17.0 Å². The molecule has 0 radical (unpaired) electrons. The Labute approximate surface area is 168 Å². The Balaban J connectivity index is 2.25. The highest BCUT2D eigenvalue weighted by Crippen LogP contribution is 2.43. The first-order chi connectivity index (χ1) is 13.0. The van der Waals surface area contributed by atoms with Gasteiger partial charge in [0.25, 0.3) is 0 Å². The van der Waals surface area contributed by atoms with Gasteiger partial charge in [-0.25, -0.2) is 4.39 Å². The van der Waals surface area contributed by atoms with Crippen LogP contribution in [0.25, 0.3) is 16.7 Å². The quantitative estimate of drug-likeness (QED) is 0.725. The Bertz CT molecular complexity index is 992. The van der Waals surface area contributed by atoms with Crippen molar-refractivity contribution in [1.29, 1.82) is 0 Å². The van der Waals surface area contributed by atoms with Crippen LogP contribution in [0.3, 0.4) is 0 Å². The van der Waals surface area contributed by atoms with Crippen LogP contribution in [0.5, 0.6) is 5.75 Å². The van der Waals surface area contributed by atoms with Crippen molar-refractivity contribution in [2.75, 3.05) is 7.11 Å². The van der Waals surface area contributed by atoms with Crippen LogP contribution in [0.1, 0.15) is 33.3 Å². The van der Waals surface area contributed by atoms with Crippen LogP contribution in [0.15, 0.2) is 42.2 Å². The molecule has 0 amide bonds. The Morgan fingerprint density at radius 1 is 1.04 bits per heavy atom. The second-order valence-electron chi connectivity index (χ2n) is 7.72. The molecule has 0 aliphatic carbocycles. The van der Waals surface area contributed by atoms with Gasteiger partial charge in [0.1, 0.15) is 28.5 Å². The van der Waals surface area contributed by atoms with Crippen LogP contribution in [0, 0.1) is 5.82 Å². The predicted molar refractivity (Wildman–Crippen MR) is 107 cm³/mol. The van der Waals surface area contributed by atoms with Crippen molar-refractivity contribution in [3.8, 4) is 16.9 Å². The summed E-state index contributed by atoms with van der Waals surface area (Å²) in [6.07, 6.45) is 0. The van der Waals surface area contributed by atoms with Crippen molar-refractivity contribution in [3.63, 3.8) is 0 Å². The van der Waals surface area contributed by atoms with Crippen molar-refractivity contribution in [2.45, 2.75) is 38.9 Å². The summed E-state index contributed by atoms with van der Waals surface area (Å²) in [6, 6.07) is 9.61. The minimum absolute atomic E-state index is 0.0287. The Hall–Kier alpha value is -2.37. The van der Waals surface area contributed by atoms with E-state index in [1.807, 2.05) is 0 Å². The van der Waals surface area contributed by atoms with Crippen molar-refractivity contribution in [2.24, 2.45) is 0 Å². The van der Waals surface area contributed by atoms with Crippen LogP contribution >= 0.6 is 11.6 Å². The number of hydrogen-bond donors (Lipinski definition) is 1. The lowest BCUT2D eigenvalue weighted by Gasteiger charge is -2.40. The average molecular weight is 405 g/mol. The van der Waals surface area contributed by atoms with Gasteiger partial charge in [-0.3, -0.25) is 4.79 Å². The second-order valence-corrected chi connectivity index (χ2v) is 8.13. The molecule has 2 aromatic carbocycles. The summed E-state index contributed by atoms with van der Waals surface area (Å²) in [4.78, 5) is 13.1. The third-order valence-corrected chi connectivity index (χ3v) is 5.12. The summed E-state index contributed by atoms with van der Waals surface area (Å²) >= 11 is 5.78. The lowest BCUT2D eigenvalue weighted by Crippen LogP contribution is -2.49. The molecule has 0 fully saturated rings. The normalized spacial score (nSPS) is 18.3. The van der Waals surface area contributed by atoms with Crippen molar-refractivity contribution in [3.05, 3.63) is 58.6 Å². The lowest BCUT2D eigenvalue weighted by atomic mass is 9.82. The Kier molecular flexibility index (Phi) is 5.02. The van der Waals surface area contributed by atoms with E-state index in [0.717, 1.165) is 0 Å². The molecule has 0 aromatic heterocycles. The monoisotopic (exact) mass is 404 g/mol. The number of aliphatic hydroxyl groups excluding tert-OH is 1. The molecule has 1 aliphatic rings. The van der Waals surface area contributed by atoms with Crippen LogP contribution in [0.2, 0.25) is 5.02 Å². The molecule has 28 heavy (non-hydrogen) atoms. The van der Waals surface area contributed by atoms with Gasteiger partial charge in [-0.15, -0.1) is 0 Å². The minimum Gasteiger partial charge on any atom is -0.508 e. The molecule has 3 rings (SSSR count). The van der Waals surface area contributed by atoms with Gasteiger partial charge in [0, 0.05) is 5.56 Å². The number of ether oxygens (including phenoxy) is 2. The van der Waals surface area contributed by atoms with Gasteiger partial charge in [0.2, 0.25) is 0 Å². The van der Waals surface area contributed by atoms with E-state index in [9.17, 15) is 14.3 Å². The van der Waals surface area contributed by atoms with Gasteiger partial charge >= 0.3 is 0 Å². The zero-order valence-electron chi connectivity index (χ0n) is 16.4. The van der Waals surface area contributed by atoms with E-state index in [0.29, 0.717) is 22.4 Å². The standard InChI is InChI=1S/C22H22ClFO4/c1-21(2)19(25)18(20(26)22(3,4)28-21)14-10-12(7-9-17(14)27-5)13-6-8-15(23)16(24)11-13/h6-11,25H,1-5H3. The Morgan fingerprint density at radius 3 is 2.25 bits per heavy atom. The van der Waals surface area contributed by atoms with Gasteiger partial charge in [-0.2, -0.15) is 0 Å². The summed E-state index contributed by atoms with van der Waals surface area (Å²) < 4.78 is 25.1. The highest BCUT2D eigenvalue weighted by molar-refractivity contribution is 6.30. The molecule has 4 nitrogen and oxygen atoms in total. The fourth-order valence-electron chi connectivity index (χ4n) is 3.45. The van der Waals surface area contributed by atoms with E-state index in [1.54, 1.807) is 52.0 Å². The number of benzene rings is 2. The summed E-state index contributed by atoms with van der Waals surface area (Å²) in [5.74, 6) is -0.652. The number of rotatable bonds is 3. The predicted octanol–water partition coefficient (Wildman–Crippen LogP) is 5.58. The molecule has 0 saturated heterocycles. The molecule has 0 unspecified atom stereocenters. The van der Waals surface area contributed by atoms with Gasteiger partial charge in [0.05, 0.1) is 17.7 Å². The molecular formula is C22H22ClFO4. The summed E-state index contributed by atoms with van der Waals surface area (Å²) in [7, 11) is 1.48. The number of Topliss-reactive ketones (excluding diaryl/α,β-unsaturated/α-hetero) is 1. The molecule has 0 saturated carbocycles. The first-order valence-corrected chi connectivity index (χ1v) is 9.18. The molecule has 148 valence electrons. The number of ketones is 1. The highest BCUT2D eigenvalue weighted by atomic mass is 35.5. The van der Waals surface area contributed by atoms with E-state index in [-0.39, 0.29) is 22.1 Å². The number of carbonyl (C=O) groups excluding carboxylic acids is 1. The number of halogens is 2. The van der Waals surface area contributed by atoms with Crippen molar-refractivity contribution in [1.82, 2.24) is 0 Å². The van der Waals surface area contributed by atoms with Gasteiger partial charge in [-0.1, -0.05) is 23.7 Å². The van der Waals surface area contributed by atoms with Crippen LogP contribution in [0.4, 0.5) is 4.39 Å². The molecule has 0 bridgehead atoms. The number of aliphatic hydroxyl groups is 1. The highest BCUT2D eigenvalue weighted by Gasteiger charge is 2.47. The number of methoxy groups -OCH3 is 1. The van der Waals surface area contributed by atoms with E-state index in [4.69, 9.17) is 21.1 Å². The molecule has 1 N–H and O–H groups in total. The SMILES string of the molecule is COc1ccc(-c2ccc(Cl)c(F)c2)cc1C1=C(O)C(C)(C)OC(C)(C)C1=O. The molecule has 0 atom stereocenters. The van der Waals surface area contributed by atoms with Gasteiger partial charge < -0.3 is 14.6 Å². The van der Waals surface area contributed by atoms with Crippen molar-refractivity contribution < 1.29 is 23.8 Å². The first-order valence-electron chi connectivity index (χ1n) is 8.80. The summed E-state index contributed by atoms with van der Waals surface area (Å²) in [6.45, 7) is 6.71. The van der Waals surface area contributed by atoms with Crippen LogP contribution < -0.4 is 4.74 Å². The molecule has 0 spiro atoms. The fourth-order valence-corrected chi connectivity index (χ4v) is 3.57. The maximum Gasteiger partial charge on any atom is 0.198 e. The minimum atomic E-state index is -1.13. The molecule has 1 aliphatic heterocycles. The molecule has 1 heterocycles. The van der Waals surface area contributed by atoms with E-state index in [1.165, 1.54) is 19.2 Å². The van der Waals surface area contributed by atoms with E-state index >= 15 is 0 Å². The lowest BCUT2D eigenvalue weighted by molar-refractivity contribution is -0.158. The third-order valence-electron chi connectivity index (χ3n) is 4.81. The number of hydrogen-bond acceptors (Lipinski definition) is 4. The fraction of sp³-hybridized carbons (Fsp3) is 0.318. The largest absolute Gasteiger partial charge is 0.508 e. The average Bonchev–Trinajstić information content (AvgIpc) is 2.62. The zero-order valence-corrected chi connectivity index (χ0v) is 17.1. The first kappa shape index (κ1) is 20.4. The maximum atomic E-state index is 13.9. The topological polar surface area (TPSA) is 55.8 Å². The molecule has 2 aromatic rings. The Morgan fingerprint density at radius 2 is 1.64 bits per heavy atom. The molecule has 6 heteroatoms. The third kappa shape index (κ3) is 3.40. The van der Waals surface area contributed by atoms with Gasteiger partial charge in [0.15, 0.2) is 5.78 Å².